The average Bonchev–Trinajstić information content (AvgIpc) is 3.40. The number of nitrogens with zero attached hydrogens (tertiary/aromatic N) is 1. The van der Waals surface area contributed by atoms with E-state index >= 15 is 0 Å². The Kier molecular flexibility index (Phi) is 4.96. The molecule has 0 bridgehead atoms. The second-order valence-electron chi connectivity index (χ2n) is 6.59. The zero-order valence-corrected chi connectivity index (χ0v) is 16.5. The summed E-state index contributed by atoms with van der Waals surface area (Å²) >= 11 is 0. The lowest BCUT2D eigenvalue weighted by atomic mass is 9.99. The number of carbonyl (C=O) groups excluding carboxylic acids is 1. The molecule has 0 aliphatic rings. The van der Waals surface area contributed by atoms with E-state index in [2.05, 4.69) is 4.57 Å². The van der Waals surface area contributed by atoms with Gasteiger partial charge in [0.25, 0.3) is 0 Å². The van der Waals surface area contributed by atoms with E-state index in [1.807, 2.05) is 67.6 Å². The molecule has 0 unspecified atom stereocenters. The molecule has 0 fully saturated rings. The SMILES string of the molecule is COC(=O)c1c(-c2ccccc2)c(C)n(-c2ccc(OC)cc2)c1-c1ccoc1. The van der Waals surface area contributed by atoms with Crippen LogP contribution in [0.3, 0.4) is 0 Å². The van der Waals surface area contributed by atoms with Gasteiger partial charge in [-0.05, 0) is 42.8 Å². The Labute approximate surface area is 169 Å². The van der Waals surface area contributed by atoms with Crippen LogP contribution < -0.4 is 4.74 Å². The van der Waals surface area contributed by atoms with Crippen LogP contribution in [0.5, 0.6) is 5.75 Å². The fourth-order valence-electron chi connectivity index (χ4n) is 3.68. The number of hydrogen-bond donors (Lipinski definition) is 0. The molecule has 0 aliphatic carbocycles. The van der Waals surface area contributed by atoms with Crippen LogP contribution in [0.4, 0.5) is 0 Å². The Hall–Kier alpha value is -3.73. The molecule has 29 heavy (non-hydrogen) atoms. The van der Waals surface area contributed by atoms with Gasteiger partial charge in [0.1, 0.15) is 5.75 Å². The molecule has 146 valence electrons. The van der Waals surface area contributed by atoms with Gasteiger partial charge in [-0.1, -0.05) is 30.3 Å². The molecule has 0 amide bonds. The number of aromatic nitrogens is 1. The van der Waals surface area contributed by atoms with E-state index in [-0.39, 0.29) is 0 Å². The molecule has 0 spiro atoms. The van der Waals surface area contributed by atoms with E-state index in [4.69, 9.17) is 13.9 Å². The lowest BCUT2D eigenvalue weighted by Gasteiger charge is -2.12. The third kappa shape index (κ3) is 3.21. The van der Waals surface area contributed by atoms with Crippen molar-refractivity contribution in [3.8, 4) is 33.8 Å². The zero-order valence-electron chi connectivity index (χ0n) is 16.5. The molecule has 0 N–H and O–H groups in total. The van der Waals surface area contributed by atoms with Gasteiger partial charge in [0.05, 0.1) is 38.0 Å². The Balaban J connectivity index is 2.09. The third-order valence-electron chi connectivity index (χ3n) is 4.98. The van der Waals surface area contributed by atoms with Crippen LogP contribution >= 0.6 is 0 Å². The van der Waals surface area contributed by atoms with Crippen molar-refractivity contribution in [3.63, 3.8) is 0 Å². The molecule has 0 saturated heterocycles. The maximum Gasteiger partial charge on any atom is 0.340 e. The molecular weight excluding hydrogens is 366 g/mol. The van der Waals surface area contributed by atoms with E-state index < -0.39 is 5.97 Å². The number of carbonyl (C=O) groups is 1. The monoisotopic (exact) mass is 387 g/mol. The highest BCUT2D eigenvalue weighted by molar-refractivity contribution is 6.05. The summed E-state index contributed by atoms with van der Waals surface area (Å²) in [7, 11) is 3.03. The molecule has 4 rings (SSSR count). The van der Waals surface area contributed by atoms with Crippen molar-refractivity contribution >= 4 is 5.97 Å². The maximum atomic E-state index is 12.9. The van der Waals surface area contributed by atoms with Gasteiger partial charge in [0.2, 0.25) is 0 Å². The summed E-state index contributed by atoms with van der Waals surface area (Å²) in [4.78, 5) is 12.9. The van der Waals surface area contributed by atoms with Crippen LogP contribution in [-0.2, 0) is 4.74 Å². The second kappa shape index (κ2) is 7.72. The Morgan fingerprint density at radius 1 is 0.931 bits per heavy atom. The Morgan fingerprint density at radius 3 is 2.24 bits per heavy atom. The number of ether oxygens (including phenoxy) is 2. The van der Waals surface area contributed by atoms with Crippen molar-refractivity contribution in [1.82, 2.24) is 4.57 Å². The summed E-state index contributed by atoms with van der Waals surface area (Å²) < 4.78 is 17.9. The molecule has 5 heteroatoms. The van der Waals surface area contributed by atoms with E-state index in [1.54, 1.807) is 19.6 Å². The van der Waals surface area contributed by atoms with Gasteiger partial charge in [0, 0.05) is 22.5 Å². The Bertz CT molecular complexity index is 1120. The van der Waals surface area contributed by atoms with Gasteiger partial charge in [0.15, 0.2) is 0 Å². The summed E-state index contributed by atoms with van der Waals surface area (Å²) in [6, 6.07) is 19.4. The maximum absolute atomic E-state index is 12.9. The highest BCUT2D eigenvalue weighted by atomic mass is 16.5. The summed E-state index contributed by atoms with van der Waals surface area (Å²) in [5.74, 6) is 0.371. The molecule has 4 aromatic rings. The van der Waals surface area contributed by atoms with Crippen molar-refractivity contribution in [2.45, 2.75) is 6.92 Å². The van der Waals surface area contributed by atoms with Crippen molar-refractivity contribution in [3.05, 3.63) is 84.4 Å². The van der Waals surface area contributed by atoms with E-state index in [9.17, 15) is 4.79 Å². The first-order valence-corrected chi connectivity index (χ1v) is 9.21. The Morgan fingerprint density at radius 2 is 1.66 bits per heavy atom. The number of esters is 1. The van der Waals surface area contributed by atoms with Crippen LogP contribution in [-0.4, -0.2) is 24.8 Å². The minimum atomic E-state index is -0.393. The van der Waals surface area contributed by atoms with Crippen LogP contribution in [0, 0.1) is 6.92 Å². The standard InChI is InChI=1S/C24H21NO4/c1-16-21(17-7-5-4-6-8-17)22(24(26)28-3)23(18-13-14-29-15-18)25(16)19-9-11-20(27-2)12-10-19/h4-15H,1-3H3. The summed E-state index contributed by atoms with van der Waals surface area (Å²) in [5, 5.41) is 0. The molecule has 0 aliphatic heterocycles. The predicted octanol–water partition coefficient (Wildman–Crippen LogP) is 5.51. The molecule has 0 radical (unpaired) electrons. The molecule has 0 atom stereocenters. The number of furan rings is 1. The summed E-state index contributed by atoms with van der Waals surface area (Å²) in [5.41, 5.74) is 5.66. The highest BCUT2D eigenvalue weighted by Gasteiger charge is 2.29. The molecule has 2 aromatic heterocycles. The lowest BCUT2D eigenvalue weighted by molar-refractivity contribution is 0.0602. The van der Waals surface area contributed by atoms with Gasteiger partial charge >= 0.3 is 5.97 Å². The van der Waals surface area contributed by atoms with Crippen molar-refractivity contribution in [2.75, 3.05) is 14.2 Å². The van der Waals surface area contributed by atoms with Gasteiger partial charge in [-0.15, -0.1) is 0 Å². The quantitative estimate of drug-likeness (QED) is 0.424. The number of rotatable bonds is 5. The summed E-state index contributed by atoms with van der Waals surface area (Å²) in [6.45, 7) is 2.00. The largest absolute Gasteiger partial charge is 0.497 e. The number of benzene rings is 2. The molecule has 2 heterocycles. The molecule has 0 saturated carbocycles. The first kappa shape index (κ1) is 18.6. The summed E-state index contributed by atoms with van der Waals surface area (Å²) in [6.07, 6.45) is 3.23. The van der Waals surface area contributed by atoms with Gasteiger partial charge in [-0.3, -0.25) is 0 Å². The highest BCUT2D eigenvalue weighted by Crippen LogP contribution is 2.40. The van der Waals surface area contributed by atoms with Crippen LogP contribution in [0.2, 0.25) is 0 Å². The van der Waals surface area contributed by atoms with Crippen LogP contribution in [0.25, 0.3) is 28.1 Å². The fraction of sp³-hybridized carbons (Fsp3) is 0.125. The minimum absolute atomic E-state index is 0.393. The van der Waals surface area contributed by atoms with E-state index in [1.165, 1.54) is 7.11 Å². The van der Waals surface area contributed by atoms with Crippen molar-refractivity contribution < 1.29 is 18.7 Å². The van der Waals surface area contributed by atoms with Crippen LogP contribution in [0.1, 0.15) is 16.1 Å². The first-order valence-electron chi connectivity index (χ1n) is 9.21. The van der Waals surface area contributed by atoms with Crippen molar-refractivity contribution in [1.29, 1.82) is 0 Å². The molecular formula is C24H21NO4. The average molecular weight is 387 g/mol. The number of hydrogen-bond acceptors (Lipinski definition) is 4. The van der Waals surface area contributed by atoms with Gasteiger partial charge in [-0.25, -0.2) is 4.79 Å². The fourth-order valence-corrected chi connectivity index (χ4v) is 3.68. The predicted molar refractivity (Wildman–Crippen MR) is 112 cm³/mol. The smallest absolute Gasteiger partial charge is 0.340 e. The van der Waals surface area contributed by atoms with Gasteiger partial charge < -0.3 is 18.5 Å². The lowest BCUT2D eigenvalue weighted by Crippen LogP contribution is -2.05. The molecule has 5 nitrogen and oxygen atoms in total. The van der Waals surface area contributed by atoms with Gasteiger partial charge in [-0.2, -0.15) is 0 Å². The topological polar surface area (TPSA) is 53.6 Å². The normalized spacial score (nSPS) is 10.7. The minimum Gasteiger partial charge on any atom is -0.497 e. The van der Waals surface area contributed by atoms with Crippen molar-refractivity contribution in [2.24, 2.45) is 0 Å². The first-order chi connectivity index (χ1) is 14.2. The van der Waals surface area contributed by atoms with E-state index in [0.29, 0.717) is 5.56 Å². The number of methoxy groups -OCH3 is 2. The zero-order chi connectivity index (χ0) is 20.4. The second-order valence-corrected chi connectivity index (χ2v) is 6.59. The molecule has 2 aromatic carbocycles. The van der Waals surface area contributed by atoms with E-state index in [0.717, 1.165) is 39.5 Å². The van der Waals surface area contributed by atoms with Crippen LogP contribution in [0.15, 0.2) is 77.6 Å². The third-order valence-corrected chi connectivity index (χ3v) is 4.98.